The summed E-state index contributed by atoms with van der Waals surface area (Å²) in [5, 5.41) is 5.10. The third kappa shape index (κ3) is 12.1. The lowest BCUT2D eigenvalue weighted by Gasteiger charge is -2.39. The molecule has 0 heterocycles. The normalized spacial score (nSPS) is 15.2. The van der Waals surface area contributed by atoms with Crippen LogP contribution in [0.15, 0.2) is 11.8 Å². The van der Waals surface area contributed by atoms with Crippen LogP contribution in [0.25, 0.3) is 0 Å². The fraction of sp³-hybridized carbons (Fsp3) is 0.783. The van der Waals surface area contributed by atoms with Gasteiger partial charge < -0.3 is 24.0 Å². The van der Waals surface area contributed by atoms with Crippen molar-refractivity contribution in [2.24, 2.45) is 0 Å². The highest BCUT2D eigenvalue weighted by Crippen LogP contribution is 2.37. The molecule has 1 atom stereocenters. The fourth-order valence-corrected chi connectivity index (χ4v) is 3.28. The summed E-state index contributed by atoms with van der Waals surface area (Å²) < 4.78 is 21.8. The second-order valence-electron chi connectivity index (χ2n) is 11.8. The van der Waals surface area contributed by atoms with Crippen LogP contribution in [0.5, 0.6) is 0 Å². The zero-order chi connectivity index (χ0) is 26.5. The highest BCUT2D eigenvalue weighted by Gasteiger charge is 2.40. The Hall–Kier alpha value is -2.07. The van der Waals surface area contributed by atoms with Gasteiger partial charge in [-0.25, -0.2) is 14.4 Å². The van der Waals surface area contributed by atoms with Crippen molar-refractivity contribution in [2.45, 2.75) is 104 Å². The molecule has 0 aromatic carbocycles. The van der Waals surface area contributed by atoms with Crippen molar-refractivity contribution in [3.63, 3.8) is 0 Å². The van der Waals surface area contributed by atoms with Crippen molar-refractivity contribution in [2.75, 3.05) is 13.7 Å². The van der Waals surface area contributed by atoms with E-state index in [1.807, 2.05) is 0 Å². The van der Waals surface area contributed by atoms with Crippen molar-refractivity contribution < 1.29 is 33.0 Å². The molecule has 0 aromatic heterocycles. The summed E-state index contributed by atoms with van der Waals surface area (Å²) >= 11 is 0. The van der Waals surface area contributed by atoms with Gasteiger partial charge in [0.15, 0.2) is 8.32 Å². The van der Waals surface area contributed by atoms with E-state index in [1.54, 1.807) is 48.5 Å². The molecule has 0 aromatic rings. The van der Waals surface area contributed by atoms with E-state index in [0.29, 0.717) is 0 Å². The van der Waals surface area contributed by atoms with Crippen LogP contribution in [0.3, 0.4) is 0 Å². The van der Waals surface area contributed by atoms with Crippen molar-refractivity contribution in [1.29, 1.82) is 0 Å². The molecule has 0 unspecified atom stereocenters. The van der Waals surface area contributed by atoms with Gasteiger partial charge in [0.2, 0.25) is 0 Å². The highest BCUT2D eigenvalue weighted by atomic mass is 28.4. The number of hydrogen-bond acceptors (Lipinski definition) is 7. The first-order chi connectivity index (χ1) is 14.5. The average Bonchev–Trinajstić information content (AvgIpc) is 2.54. The van der Waals surface area contributed by atoms with E-state index in [2.05, 4.69) is 44.5 Å². The summed E-state index contributed by atoms with van der Waals surface area (Å²) in [5.74, 6) is -0.801. The number of methoxy groups -OCH3 is 1. The summed E-state index contributed by atoms with van der Waals surface area (Å²) in [7, 11) is -1.02. The molecule has 0 rings (SSSR count). The Morgan fingerprint density at radius 1 is 0.818 bits per heavy atom. The van der Waals surface area contributed by atoms with E-state index in [-0.39, 0.29) is 17.3 Å². The molecule has 2 N–H and O–H groups in total. The zero-order valence-corrected chi connectivity index (χ0v) is 23.6. The minimum atomic E-state index is -2.21. The molecular weight excluding hydrogens is 444 g/mol. The highest BCUT2D eigenvalue weighted by molar-refractivity contribution is 6.74. The van der Waals surface area contributed by atoms with Gasteiger partial charge in [-0.05, 0) is 72.7 Å². The predicted molar refractivity (Wildman–Crippen MR) is 130 cm³/mol. The van der Waals surface area contributed by atoms with Crippen LogP contribution < -0.4 is 10.6 Å². The molecule has 0 spiro atoms. The lowest BCUT2D eigenvalue weighted by molar-refractivity contribution is -0.136. The van der Waals surface area contributed by atoms with Crippen molar-refractivity contribution in [3.8, 4) is 0 Å². The molecule has 0 aliphatic carbocycles. The summed E-state index contributed by atoms with van der Waals surface area (Å²) in [5.41, 5.74) is -2.90. The molecule has 10 heteroatoms. The summed E-state index contributed by atoms with van der Waals surface area (Å²) in [6.07, 6.45) is -0.134. The molecule has 0 bridgehead atoms. The van der Waals surface area contributed by atoms with Crippen LogP contribution in [0.4, 0.5) is 9.59 Å². The lowest BCUT2D eigenvalue weighted by atomic mass is 10.0. The van der Waals surface area contributed by atoms with Gasteiger partial charge in [0.25, 0.3) is 0 Å². The van der Waals surface area contributed by atoms with Gasteiger partial charge in [0.1, 0.15) is 16.9 Å². The van der Waals surface area contributed by atoms with Crippen LogP contribution >= 0.6 is 0 Å². The molecule has 0 saturated carbocycles. The van der Waals surface area contributed by atoms with Gasteiger partial charge in [0.05, 0.1) is 19.3 Å². The van der Waals surface area contributed by atoms with Crippen molar-refractivity contribution in [3.05, 3.63) is 11.8 Å². The first-order valence-electron chi connectivity index (χ1n) is 11.0. The number of esters is 1. The third-order valence-electron chi connectivity index (χ3n) is 4.83. The third-order valence-corrected chi connectivity index (χ3v) is 9.31. The molecule has 192 valence electrons. The van der Waals surface area contributed by atoms with E-state index in [1.165, 1.54) is 13.2 Å². The number of carbonyl (C=O) groups excluding carboxylic acids is 3. The minimum Gasteiger partial charge on any atom is -0.464 e. The second kappa shape index (κ2) is 10.9. The summed E-state index contributed by atoms with van der Waals surface area (Å²) in [6, 6.07) is 0. The van der Waals surface area contributed by atoms with E-state index >= 15 is 0 Å². The Labute approximate surface area is 200 Å². The molecule has 0 radical (unpaired) electrons. The molecular formula is C23H44N2O7Si. The quantitative estimate of drug-likeness (QED) is 0.227. The topological polar surface area (TPSA) is 112 Å². The maximum Gasteiger partial charge on any atom is 0.412 e. The number of nitrogens with one attached hydrogen (secondary N) is 2. The molecule has 0 fully saturated rings. The van der Waals surface area contributed by atoms with Crippen molar-refractivity contribution >= 4 is 26.5 Å². The SMILES string of the molecule is COC(=O)/C(=C\[C@](C)(CO[Si](C)(C)C(C)(C)C)NC(=O)OC(C)(C)C)NC(=O)OC(C)(C)C. The lowest BCUT2D eigenvalue weighted by Crippen LogP contribution is -2.54. The first kappa shape index (κ1) is 30.9. The molecule has 33 heavy (non-hydrogen) atoms. The molecule has 2 amide bonds. The summed E-state index contributed by atoms with van der Waals surface area (Å²) in [6.45, 7) is 22.5. The largest absolute Gasteiger partial charge is 0.464 e. The Bertz CT molecular complexity index is 743. The Morgan fingerprint density at radius 2 is 1.27 bits per heavy atom. The van der Waals surface area contributed by atoms with Crippen LogP contribution in [0, 0.1) is 0 Å². The number of amides is 2. The van der Waals surface area contributed by atoms with Crippen LogP contribution in [-0.4, -0.2) is 56.9 Å². The smallest absolute Gasteiger partial charge is 0.412 e. The Kier molecular flexibility index (Phi) is 10.2. The van der Waals surface area contributed by atoms with Gasteiger partial charge in [-0.2, -0.15) is 0 Å². The molecule has 0 saturated heterocycles. The van der Waals surface area contributed by atoms with Gasteiger partial charge in [-0.15, -0.1) is 0 Å². The van der Waals surface area contributed by atoms with Crippen LogP contribution in [0.1, 0.15) is 69.2 Å². The minimum absolute atomic E-state index is 0.0409. The summed E-state index contributed by atoms with van der Waals surface area (Å²) in [4.78, 5) is 37.3. The van der Waals surface area contributed by atoms with Crippen molar-refractivity contribution in [1.82, 2.24) is 10.6 Å². The molecule has 9 nitrogen and oxygen atoms in total. The van der Waals surface area contributed by atoms with Gasteiger partial charge >= 0.3 is 18.2 Å². The monoisotopic (exact) mass is 488 g/mol. The number of carbonyl (C=O) groups is 3. The number of rotatable bonds is 7. The van der Waals surface area contributed by atoms with Gasteiger partial charge in [-0.1, -0.05) is 20.8 Å². The van der Waals surface area contributed by atoms with E-state index in [4.69, 9.17) is 18.6 Å². The van der Waals surface area contributed by atoms with Gasteiger partial charge in [0, 0.05) is 0 Å². The number of ether oxygens (including phenoxy) is 3. The average molecular weight is 489 g/mol. The Morgan fingerprint density at radius 3 is 1.67 bits per heavy atom. The molecule has 0 aliphatic heterocycles. The van der Waals surface area contributed by atoms with E-state index in [9.17, 15) is 14.4 Å². The zero-order valence-electron chi connectivity index (χ0n) is 22.6. The second-order valence-corrected chi connectivity index (χ2v) is 16.6. The Balaban J connectivity index is 6.14. The standard InChI is InChI=1S/C23H44N2O7Si/c1-20(2,3)31-18(27)24-16(17(26)29-11)14-23(10,25-19(28)32-21(4,5)6)15-30-33(12,13)22(7,8)9/h14H,15H2,1-13H3,(H,24,27)(H,25,28)/b16-14+/t23-/m1/s1. The van der Waals surface area contributed by atoms with Crippen LogP contribution in [0.2, 0.25) is 18.1 Å². The fourth-order valence-electron chi connectivity index (χ4n) is 2.19. The molecule has 0 aliphatic rings. The van der Waals surface area contributed by atoms with Crippen LogP contribution in [-0.2, 0) is 23.4 Å². The maximum absolute atomic E-state index is 12.6. The van der Waals surface area contributed by atoms with E-state index in [0.717, 1.165) is 0 Å². The number of hydrogen-bond donors (Lipinski definition) is 2. The maximum atomic E-state index is 12.6. The first-order valence-corrected chi connectivity index (χ1v) is 13.9. The van der Waals surface area contributed by atoms with Gasteiger partial charge in [-0.3, -0.25) is 5.32 Å². The predicted octanol–water partition coefficient (Wildman–Crippen LogP) is 4.87. The van der Waals surface area contributed by atoms with E-state index < -0.39 is 43.2 Å². The number of alkyl carbamates (subject to hydrolysis) is 2.